The van der Waals surface area contributed by atoms with Gasteiger partial charge in [0, 0.05) is 19.3 Å². The van der Waals surface area contributed by atoms with Crippen LogP contribution in [0.25, 0.3) is 0 Å². The summed E-state index contributed by atoms with van der Waals surface area (Å²) in [5.74, 6) is -1.16. The summed E-state index contributed by atoms with van der Waals surface area (Å²) >= 11 is 0. The van der Waals surface area contributed by atoms with E-state index in [1.165, 1.54) is 0 Å². The summed E-state index contributed by atoms with van der Waals surface area (Å²) in [6, 6.07) is 0. The predicted octanol–water partition coefficient (Wildman–Crippen LogP) is 17.7. The lowest BCUT2D eigenvalue weighted by atomic mass is 10.2. The molecule has 6 heteroatoms. The minimum absolute atomic E-state index is 0.156. The number of hydrogen-bond donors (Lipinski definition) is 0. The van der Waals surface area contributed by atoms with Crippen LogP contribution in [0.1, 0.15) is 175 Å². The second-order valence-corrected chi connectivity index (χ2v) is 16.3. The Labute approximate surface area is 421 Å². The van der Waals surface area contributed by atoms with Crippen LogP contribution in [-0.4, -0.2) is 37.2 Å². The first kappa shape index (κ1) is 63.5. The maximum Gasteiger partial charge on any atom is 0.306 e. The summed E-state index contributed by atoms with van der Waals surface area (Å²) < 4.78 is 16.6. The van der Waals surface area contributed by atoms with Crippen LogP contribution >= 0.6 is 0 Å². The van der Waals surface area contributed by atoms with Crippen LogP contribution in [0.3, 0.4) is 0 Å². The van der Waals surface area contributed by atoms with Crippen LogP contribution in [0.2, 0.25) is 0 Å². The van der Waals surface area contributed by atoms with Crippen LogP contribution in [0.5, 0.6) is 0 Å². The van der Waals surface area contributed by atoms with Gasteiger partial charge in [0.25, 0.3) is 0 Å². The fourth-order valence-corrected chi connectivity index (χ4v) is 6.08. The molecule has 0 saturated heterocycles. The summed E-state index contributed by atoms with van der Waals surface area (Å²) in [4.78, 5) is 38.0. The van der Waals surface area contributed by atoms with Crippen LogP contribution in [0.4, 0.5) is 0 Å². The van der Waals surface area contributed by atoms with Gasteiger partial charge in [0.15, 0.2) is 6.10 Å². The summed E-state index contributed by atoms with van der Waals surface area (Å²) in [5.41, 5.74) is 0. The molecule has 1 unspecified atom stereocenters. The minimum Gasteiger partial charge on any atom is -0.462 e. The molecular formula is C63H92O6. The van der Waals surface area contributed by atoms with Gasteiger partial charge in [0.2, 0.25) is 0 Å². The lowest BCUT2D eigenvalue weighted by Gasteiger charge is -2.18. The van der Waals surface area contributed by atoms with Crippen molar-refractivity contribution in [3.8, 4) is 0 Å². The first-order chi connectivity index (χ1) is 34.0. The Morgan fingerprint density at radius 2 is 0.551 bits per heavy atom. The average molecular weight is 945 g/mol. The third-order valence-corrected chi connectivity index (χ3v) is 9.90. The molecule has 69 heavy (non-hydrogen) atoms. The van der Waals surface area contributed by atoms with Crippen molar-refractivity contribution in [1.29, 1.82) is 0 Å². The molecule has 0 amide bonds. The Bertz CT molecular complexity index is 1700. The Morgan fingerprint density at radius 1 is 0.290 bits per heavy atom. The van der Waals surface area contributed by atoms with Crippen LogP contribution in [-0.2, 0) is 28.6 Å². The molecule has 1 atom stereocenters. The Kier molecular flexibility index (Phi) is 50.7. The summed E-state index contributed by atoms with van der Waals surface area (Å²) in [6.07, 6.45) is 83.3. The number of esters is 3. The molecule has 0 fully saturated rings. The Morgan fingerprint density at radius 3 is 0.884 bits per heavy atom. The second-order valence-electron chi connectivity index (χ2n) is 16.3. The van der Waals surface area contributed by atoms with Crippen LogP contribution in [0.15, 0.2) is 182 Å². The third-order valence-electron chi connectivity index (χ3n) is 9.90. The first-order valence-electron chi connectivity index (χ1n) is 26.3. The highest BCUT2D eigenvalue weighted by Gasteiger charge is 2.19. The van der Waals surface area contributed by atoms with Gasteiger partial charge >= 0.3 is 17.9 Å². The lowest BCUT2D eigenvalue weighted by Crippen LogP contribution is -2.30. The van der Waals surface area contributed by atoms with Crippen LogP contribution < -0.4 is 0 Å². The van der Waals surface area contributed by atoms with Crippen molar-refractivity contribution in [1.82, 2.24) is 0 Å². The van der Waals surface area contributed by atoms with E-state index in [0.29, 0.717) is 19.3 Å². The molecule has 0 heterocycles. The Balaban J connectivity index is 4.66. The number of ether oxygens (including phenoxy) is 3. The fraction of sp³-hybridized carbons (Fsp3) is 0.476. The van der Waals surface area contributed by atoms with Gasteiger partial charge in [-0.15, -0.1) is 0 Å². The number of carbonyl (C=O) groups is 3. The molecule has 380 valence electrons. The van der Waals surface area contributed by atoms with E-state index < -0.39 is 18.0 Å². The monoisotopic (exact) mass is 945 g/mol. The number of allylic oxidation sites excluding steroid dienone is 30. The molecule has 0 aromatic rings. The van der Waals surface area contributed by atoms with Gasteiger partial charge < -0.3 is 14.2 Å². The van der Waals surface area contributed by atoms with Crippen molar-refractivity contribution in [2.75, 3.05) is 13.2 Å². The maximum absolute atomic E-state index is 12.8. The third kappa shape index (κ3) is 53.3. The Hall–Kier alpha value is -5.49. The van der Waals surface area contributed by atoms with Crippen molar-refractivity contribution >= 4 is 17.9 Å². The molecule has 0 aromatic carbocycles. The van der Waals surface area contributed by atoms with E-state index in [0.717, 1.165) is 116 Å². The SMILES string of the molecule is CC/C=C\C/C=C\C/C=C\C/C=C\C/C=C\C/C=C\CCCCC(=O)OCC(COC(=O)CC/C=C\C/C=C\C/C=C\C/C=C\CC)OC(=O)CCC/C=C\C/C=C\C/C=C\C/C=C\C/C=C\CC. The van der Waals surface area contributed by atoms with Gasteiger partial charge in [-0.2, -0.15) is 0 Å². The van der Waals surface area contributed by atoms with E-state index in [1.54, 1.807) is 0 Å². The largest absolute Gasteiger partial charge is 0.462 e. The molecule has 0 radical (unpaired) electrons. The van der Waals surface area contributed by atoms with E-state index in [2.05, 4.69) is 191 Å². The maximum atomic E-state index is 12.8. The highest BCUT2D eigenvalue weighted by Crippen LogP contribution is 2.09. The van der Waals surface area contributed by atoms with E-state index >= 15 is 0 Å². The molecule has 0 bridgehead atoms. The smallest absolute Gasteiger partial charge is 0.306 e. The van der Waals surface area contributed by atoms with Gasteiger partial charge in [-0.25, -0.2) is 0 Å². The van der Waals surface area contributed by atoms with Crippen molar-refractivity contribution in [3.63, 3.8) is 0 Å². The average Bonchev–Trinajstić information content (AvgIpc) is 3.35. The van der Waals surface area contributed by atoms with Crippen LogP contribution in [0, 0.1) is 0 Å². The van der Waals surface area contributed by atoms with Crippen molar-refractivity contribution in [2.45, 2.75) is 181 Å². The van der Waals surface area contributed by atoms with Gasteiger partial charge in [-0.3, -0.25) is 14.4 Å². The number of carbonyl (C=O) groups excluding carboxylic acids is 3. The number of hydrogen-bond acceptors (Lipinski definition) is 6. The summed E-state index contributed by atoms with van der Waals surface area (Å²) in [6.45, 7) is 6.10. The highest BCUT2D eigenvalue weighted by molar-refractivity contribution is 5.71. The standard InChI is InChI=1S/C63H92O6/c1-4-7-10-13-16-19-22-25-27-29-30-31-32-34-35-38-41-44-47-50-53-56-62(65)68-59-60(58-67-61(64)55-52-49-46-43-40-37-24-21-18-15-12-9-6-3)69-63(66)57-54-51-48-45-42-39-36-33-28-26-23-20-17-14-11-8-5-2/h7-12,16-21,25-28,30-31,34-37,39-41,44-46,48-49,60H,4-6,13-15,22-24,29,32-33,38,42-43,47,50-59H2,1-3H3/b10-7-,11-8-,12-9-,19-16-,20-17-,21-18-,27-25-,28-26-,31-30-,35-34-,39-36-,40-37-,44-41-,48-45-,49-46-. The summed E-state index contributed by atoms with van der Waals surface area (Å²) in [5, 5.41) is 0. The molecule has 6 nitrogen and oxygen atoms in total. The predicted molar refractivity (Wildman–Crippen MR) is 297 cm³/mol. The zero-order chi connectivity index (χ0) is 50.0. The van der Waals surface area contributed by atoms with E-state index in [4.69, 9.17) is 14.2 Å². The zero-order valence-corrected chi connectivity index (χ0v) is 43.2. The second kappa shape index (κ2) is 55.1. The molecule has 0 rings (SSSR count). The normalized spacial score (nSPS) is 13.6. The van der Waals surface area contributed by atoms with E-state index in [1.807, 2.05) is 12.2 Å². The van der Waals surface area contributed by atoms with Gasteiger partial charge in [0.1, 0.15) is 13.2 Å². The molecule has 0 N–H and O–H groups in total. The topological polar surface area (TPSA) is 78.9 Å². The molecular weight excluding hydrogens is 853 g/mol. The number of unbranched alkanes of at least 4 members (excludes halogenated alkanes) is 3. The van der Waals surface area contributed by atoms with Crippen molar-refractivity contribution in [3.05, 3.63) is 182 Å². The molecule has 0 aromatic heterocycles. The van der Waals surface area contributed by atoms with Gasteiger partial charge in [0.05, 0.1) is 0 Å². The van der Waals surface area contributed by atoms with E-state index in [-0.39, 0.29) is 38.4 Å². The molecule has 0 aliphatic carbocycles. The highest BCUT2D eigenvalue weighted by atomic mass is 16.6. The molecule has 0 spiro atoms. The first-order valence-corrected chi connectivity index (χ1v) is 26.3. The molecule has 0 aliphatic rings. The quantitative estimate of drug-likeness (QED) is 0.0262. The van der Waals surface area contributed by atoms with Crippen molar-refractivity contribution in [2.24, 2.45) is 0 Å². The fourth-order valence-electron chi connectivity index (χ4n) is 6.08. The molecule has 0 saturated carbocycles. The lowest BCUT2D eigenvalue weighted by molar-refractivity contribution is -0.166. The van der Waals surface area contributed by atoms with Gasteiger partial charge in [-0.1, -0.05) is 203 Å². The number of rotatable bonds is 44. The minimum atomic E-state index is -0.865. The molecule has 0 aliphatic heterocycles. The van der Waals surface area contributed by atoms with Gasteiger partial charge in [-0.05, 0) is 135 Å². The zero-order valence-electron chi connectivity index (χ0n) is 43.2. The van der Waals surface area contributed by atoms with E-state index in [9.17, 15) is 14.4 Å². The van der Waals surface area contributed by atoms with Crippen molar-refractivity contribution < 1.29 is 28.6 Å². The summed E-state index contributed by atoms with van der Waals surface area (Å²) in [7, 11) is 0.